The summed E-state index contributed by atoms with van der Waals surface area (Å²) in [5.41, 5.74) is 4.97. The lowest BCUT2D eigenvalue weighted by atomic mass is 10.0. The summed E-state index contributed by atoms with van der Waals surface area (Å²) in [6, 6.07) is 6.50. The van der Waals surface area contributed by atoms with Gasteiger partial charge in [-0.05, 0) is 64.2 Å². The summed E-state index contributed by atoms with van der Waals surface area (Å²) in [5.74, 6) is 0.592. The van der Waals surface area contributed by atoms with E-state index in [2.05, 4.69) is 47.3 Å². The van der Waals surface area contributed by atoms with Crippen LogP contribution in [0.5, 0.6) is 0 Å². The van der Waals surface area contributed by atoms with Gasteiger partial charge in [-0.15, -0.1) is 0 Å². The molecule has 2 aromatic heterocycles. The lowest BCUT2D eigenvalue weighted by Crippen LogP contribution is -2.47. The van der Waals surface area contributed by atoms with Gasteiger partial charge in [-0.25, -0.2) is 14.8 Å². The molecule has 1 amide bonds. The first kappa shape index (κ1) is 22.1. The van der Waals surface area contributed by atoms with Crippen molar-refractivity contribution in [3.05, 3.63) is 41.7 Å². The highest BCUT2D eigenvalue weighted by molar-refractivity contribution is 5.95. The van der Waals surface area contributed by atoms with E-state index in [0.717, 1.165) is 47.0 Å². The molecule has 3 aromatic rings. The van der Waals surface area contributed by atoms with Crippen molar-refractivity contribution in [2.24, 2.45) is 0 Å². The van der Waals surface area contributed by atoms with Crippen LogP contribution in [0.1, 0.15) is 51.7 Å². The van der Waals surface area contributed by atoms with E-state index in [9.17, 15) is 4.79 Å². The van der Waals surface area contributed by atoms with Gasteiger partial charge in [0.2, 0.25) is 5.95 Å². The Hall–Kier alpha value is -3.09. The maximum absolute atomic E-state index is 12.5. The van der Waals surface area contributed by atoms with Crippen LogP contribution in [0.2, 0.25) is 0 Å². The van der Waals surface area contributed by atoms with Crippen molar-refractivity contribution in [3.8, 4) is 11.3 Å². The fraction of sp³-hybridized carbons (Fsp3) is 0.480. The van der Waals surface area contributed by atoms with Crippen LogP contribution in [-0.4, -0.2) is 50.7 Å². The normalized spacial score (nSPS) is 16.9. The van der Waals surface area contributed by atoms with Gasteiger partial charge in [-0.1, -0.05) is 19.1 Å². The van der Waals surface area contributed by atoms with Crippen LogP contribution < -0.4 is 5.32 Å². The molecule has 0 saturated carbocycles. The highest BCUT2D eigenvalue weighted by Gasteiger charge is 2.28. The molecule has 1 aliphatic heterocycles. The number of aromatic amines is 1. The van der Waals surface area contributed by atoms with Gasteiger partial charge in [0, 0.05) is 48.0 Å². The number of H-pyrrole nitrogens is 1. The molecule has 7 nitrogen and oxygen atoms in total. The minimum Gasteiger partial charge on any atom is -0.444 e. The van der Waals surface area contributed by atoms with E-state index >= 15 is 0 Å². The zero-order valence-electron chi connectivity index (χ0n) is 19.7. The van der Waals surface area contributed by atoms with Gasteiger partial charge in [-0.3, -0.25) is 0 Å². The predicted molar refractivity (Wildman–Crippen MR) is 128 cm³/mol. The number of hydrogen-bond donors (Lipinski definition) is 2. The van der Waals surface area contributed by atoms with Gasteiger partial charge in [0.1, 0.15) is 5.60 Å². The van der Waals surface area contributed by atoms with Crippen molar-refractivity contribution in [1.29, 1.82) is 0 Å². The maximum Gasteiger partial charge on any atom is 0.410 e. The van der Waals surface area contributed by atoms with Crippen LogP contribution in [0.4, 0.5) is 10.7 Å². The van der Waals surface area contributed by atoms with Gasteiger partial charge in [-0.2, -0.15) is 0 Å². The molecule has 1 fully saturated rings. The van der Waals surface area contributed by atoms with Gasteiger partial charge in [0.25, 0.3) is 0 Å². The summed E-state index contributed by atoms with van der Waals surface area (Å²) >= 11 is 0. The lowest BCUT2D eigenvalue weighted by Gasteiger charge is -2.34. The Morgan fingerprint density at radius 3 is 2.91 bits per heavy atom. The summed E-state index contributed by atoms with van der Waals surface area (Å²) in [7, 11) is 0. The number of aryl methyl sites for hydroxylation is 2. The van der Waals surface area contributed by atoms with Crippen LogP contribution in [-0.2, 0) is 11.2 Å². The van der Waals surface area contributed by atoms with Gasteiger partial charge >= 0.3 is 6.09 Å². The van der Waals surface area contributed by atoms with Crippen LogP contribution in [0.3, 0.4) is 0 Å². The molecule has 170 valence electrons. The summed E-state index contributed by atoms with van der Waals surface area (Å²) in [6.45, 7) is 11.2. The summed E-state index contributed by atoms with van der Waals surface area (Å²) in [5, 5.41) is 4.61. The number of benzene rings is 1. The number of aromatic nitrogens is 3. The van der Waals surface area contributed by atoms with Gasteiger partial charge < -0.3 is 19.9 Å². The molecule has 1 aliphatic rings. The fourth-order valence-corrected chi connectivity index (χ4v) is 4.17. The molecule has 0 bridgehead atoms. The van der Waals surface area contributed by atoms with Crippen molar-refractivity contribution in [1.82, 2.24) is 19.9 Å². The number of nitrogens with zero attached hydrogens (tertiary/aromatic N) is 3. The SMILES string of the molecule is CCc1cnc(N[C@H]2CCCN(C(=O)OC(C)(C)C)C2)nc1-c1c[nH]c2cc(C)ccc12. The van der Waals surface area contributed by atoms with Crippen LogP contribution in [0.15, 0.2) is 30.6 Å². The Morgan fingerprint density at radius 1 is 1.34 bits per heavy atom. The zero-order valence-corrected chi connectivity index (χ0v) is 19.7. The molecule has 1 aromatic carbocycles. The monoisotopic (exact) mass is 435 g/mol. The van der Waals surface area contributed by atoms with Crippen molar-refractivity contribution in [2.75, 3.05) is 18.4 Å². The number of amides is 1. The Balaban J connectivity index is 1.55. The van der Waals surface area contributed by atoms with Gasteiger partial charge in [0.15, 0.2) is 0 Å². The number of ether oxygens (including phenoxy) is 1. The van der Waals surface area contributed by atoms with Crippen LogP contribution in [0.25, 0.3) is 22.2 Å². The van der Waals surface area contributed by atoms with Crippen molar-refractivity contribution in [2.45, 2.75) is 65.5 Å². The van der Waals surface area contributed by atoms with E-state index in [1.807, 2.05) is 33.2 Å². The topological polar surface area (TPSA) is 83.1 Å². The molecular formula is C25H33N5O2. The number of carbonyl (C=O) groups excluding carboxylic acids is 1. The van der Waals surface area contributed by atoms with Crippen molar-refractivity contribution in [3.63, 3.8) is 0 Å². The predicted octanol–water partition coefficient (Wildman–Crippen LogP) is 5.31. The first-order chi connectivity index (χ1) is 15.2. The molecule has 1 atom stereocenters. The van der Waals surface area contributed by atoms with Crippen molar-refractivity contribution >= 4 is 22.9 Å². The molecule has 2 N–H and O–H groups in total. The highest BCUT2D eigenvalue weighted by atomic mass is 16.6. The highest BCUT2D eigenvalue weighted by Crippen LogP contribution is 2.31. The molecule has 3 heterocycles. The Morgan fingerprint density at radius 2 is 2.16 bits per heavy atom. The minimum atomic E-state index is -0.497. The standard InChI is InChI=1S/C25H33N5O2/c1-6-17-13-27-23(28-18-8-7-11-30(15-18)24(31)32-25(3,4)5)29-22(17)20-14-26-21-12-16(2)9-10-19(20)21/h9-10,12-14,18,26H,6-8,11,15H2,1-5H3,(H,27,28,29)/t18-/m0/s1. The molecule has 0 radical (unpaired) electrons. The molecule has 0 spiro atoms. The third kappa shape index (κ3) is 4.87. The Bertz CT molecular complexity index is 1120. The lowest BCUT2D eigenvalue weighted by molar-refractivity contribution is 0.0206. The smallest absolute Gasteiger partial charge is 0.410 e. The summed E-state index contributed by atoms with van der Waals surface area (Å²) in [4.78, 5) is 27.1. The van der Waals surface area contributed by atoms with E-state index in [1.54, 1.807) is 4.90 Å². The van der Waals surface area contributed by atoms with Crippen LogP contribution in [0, 0.1) is 6.92 Å². The number of anilines is 1. The molecule has 0 aliphatic carbocycles. The van der Waals surface area contributed by atoms with E-state index in [1.165, 1.54) is 5.56 Å². The molecule has 1 saturated heterocycles. The summed E-state index contributed by atoms with van der Waals surface area (Å²) < 4.78 is 5.55. The number of rotatable bonds is 4. The number of carbonyl (C=O) groups is 1. The second-order valence-corrected chi connectivity index (χ2v) is 9.58. The second-order valence-electron chi connectivity index (χ2n) is 9.58. The van der Waals surface area contributed by atoms with Crippen molar-refractivity contribution < 1.29 is 9.53 Å². The zero-order chi connectivity index (χ0) is 22.9. The first-order valence-corrected chi connectivity index (χ1v) is 11.4. The molecule has 32 heavy (non-hydrogen) atoms. The quantitative estimate of drug-likeness (QED) is 0.580. The largest absolute Gasteiger partial charge is 0.444 e. The van der Waals surface area contributed by atoms with E-state index < -0.39 is 5.60 Å². The minimum absolute atomic E-state index is 0.0854. The van der Waals surface area contributed by atoms with Crippen LogP contribution >= 0.6 is 0 Å². The molecule has 0 unspecified atom stereocenters. The van der Waals surface area contributed by atoms with E-state index in [-0.39, 0.29) is 12.1 Å². The second kappa shape index (κ2) is 8.81. The number of likely N-dealkylation sites (tertiary alicyclic amines) is 1. The third-order valence-electron chi connectivity index (χ3n) is 5.74. The maximum atomic E-state index is 12.5. The molecule has 7 heteroatoms. The van der Waals surface area contributed by atoms with E-state index in [4.69, 9.17) is 9.72 Å². The number of hydrogen-bond acceptors (Lipinski definition) is 5. The third-order valence-corrected chi connectivity index (χ3v) is 5.74. The average molecular weight is 436 g/mol. The summed E-state index contributed by atoms with van der Waals surface area (Å²) in [6.07, 6.45) is 6.40. The molecular weight excluding hydrogens is 402 g/mol. The average Bonchev–Trinajstić information content (AvgIpc) is 3.15. The number of piperidine rings is 1. The first-order valence-electron chi connectivity index (χ1n) is 11.4. The number of fused-ring (bicyclic) bond motifs is 1. The Labute approximate surface area is 189 Å². The molecule has 4 rings (SSSR count). The Kier molecular flexibility index (Phi) is 6.09. The van der Waals surface area contributed by atoms with Gasteiger partial charge in [0.05, 0.1) is 5.69 Å². The fourth-order valence-electron chi connectivity index (χ4n) is 4.17. The van der Waals surface area contributed by atoms with E-state index in [0.29, 0.717) is 19.0 Å². The number of nitrogens with one attached hydrogen (secondary N) is 2.